The van der Waals surface area contributed by atoms with E-state index in [1.807, 2.05) is 6.07 Å². The van der Waals surface area contributed by atoms with Gasteiger partial charge in [0, 0.05) is 11.6 Å². The number of halogens is 1. The monoisotopic (exact) mass is 263 g/mol. The number of carbonyl (C=O) groups excluding carboxylic acids is 1. The first kappa shape index (κ1) is 14.7. The lowest BCUT2D eigenvalue weighted by atomic mass is 10.1. The second-order valence-electron chi connectivity index (χ2n) is 3.46. The minimum Gasteiger partial charge on any atom is -0.492 e. The van der Waals surface area contributed by atoms with Crippen LogP contribution < -0.4 is 4.74 Å². The molecule has 0 amide bonds. The molecule has 1 aromatic carbocycles. The van der Waals surface area contributed by atoms with Gasteiger partial charge < -0.3 is 9.47 Å². The highest BCUT2D eigenvalue weighted by atomic mass is 19.1. The van der Waals surface area contributed by atoms with Crippen LogP contribution in [0.1, 0.15) is 25.0 Å². The average Bonchev–Trinajstić information content (AvgIpc) is 2.39. The Morgan fingerprint density at radius 2 is 2.16 bits per heavy atom. The molecular formula is C14H14FNO3. The molecule has 5 heteroatoms. The molecule has 0 radical (unpaired) electrons. The summed E-state index contributed by atoms with van der Waals surface area (Å²) in [6.45, 7) is 4.03. The van der Waals surface area contributed by atoms with Crippen molar-refractivity contribution in [2.45, 2.75) is 13.8 Å². The quantitative estimate of drug-likeness (QED) is 0.605. The fraction of sp³-hybridized carbons (Fsp3) is 0.286. The molecule has 0 aliphatic carbocycles. The van der Waals surface area contributed by atoms with E-state index >= 15 is 0 Å². The van der Waals surface area contributed by atoms with Crippen LogP contribution in [0.15, 0.2) is 18.2 Å². The Bertz CT molecular complexity index is 532. The third-order valence-corrected chi connectivity index (χ3v) is 2.24. The van der Waals surface area contributed by atoms with Gasteiger partial charge in [0.15, 0.2) is 0 Å². The molecule has 0 saturated heterocycles. The van der Waals surface area contributed by atoms with E-state index in [1.165, 1.54) is 18.2 Å². The molecule has 0 unspecified atom stereocenters. The Kier molecular flexibility index (Phi) is 5.55. The van der Waals surface area contributed by atoms with Crippen LogP contribution in [0.4, 0.5) is 4.39 Å². The maximum atomic E-state index is 13.7. The summed E-state index contributed by atoms with van der Waals surface area (Å²) >= 11 is 0. The van der Waals surface area contributed by atoms with Crippen LogP contribution in [0.3, 0.4) is 0 Å². The van der Waals surface area contributed by atoms with E-state index in [0.717, 1.165) is 6.08 Å². The molecule has 4 nitrogen and oxygen atoms in total. The van der Waals surface area contributed by atoms with Gasteiger partial charge in [-0.25, -0.2) is 9.18 Å². The lowest BCUT2D eigenvalue weighted by molar-refractivity contribution is -0.137. The Hall–Kier alpha value is -2.35. The molecule has 0 bridgehead atoms. The van der Waals surface area contributed by atoms with Crippen molar-refractivity contribution < 1.29 is 18.7 Å². The number of esters is 1. The van der Waals surface area contributed by atoms with Crippen molar-refractivity contribution in [3.05, 3.63) is 35.2 Å². The molecule has 0 spiro atoms. The van der Waals surface area contributed by atoms with Crippen LogP contribution in [-0.4, -0.2) is 19.2 Å². The third kappa shape index (κ3) is 3.81. The van der Waals surface area contributed by atoms with Crippen molar-refractivity contribution >= 4 is 12.0 Å². The highest BCUT2D eigenvalue weighted by molar-refractivity contribution is 5.87. The summed E-state index contributed by atoms with van der Waals surface area (Å²) in [5, 5.41) is 9.07. The number of ether oxygens (including phenoxy) is 2. The molecule has 0 heterocycles. The number of carbonyl (C=O) groups is 1. The van der Waals surface area contributed by atoms with Crippen molar-refractivity contribution in [1.82, 2.24) is 0 Å². The van der Waals surface area contributed by atoms with Gasteiger partial charge in [0.25, 0.3) is 0 Å². The molecule has 1 rings (SSSR count). The SMILES string of the molecule is CCOC(=O)/C=C/c1c(F)ccc(OCC)c1C#N. The smallest absolute Gasteiger partial charge is 0.330 e. The van der Waals surface area contributed by atoms with Gasteiger partial charge in [-0.15, -0.1) is 0 Å². The van der Waals surface area contributed by atoms with E-state index in [0.29, 0.717) is 6.61 Å². The topological polar surface area (TPSA) is 59.3 Å². The lowest BCUT2D eigenvalue weighted by Crippen LogP contribution is -2.01. The third-order valence-electron chi connectivity index (χ3n) is 2.24. The summed E-state index contributed by atoms with van der Waals surface area (Å²) in [5.41, 5.74) is 0.0731. The number of rotatable bonds is 5. The Labute approximate surface area is 111 Å². The predicted molar refractivity (Wildman–Crippen MR) is 68.0 cm³/mol. The average molecular weight is 263 g/mol. The molecule has 0 fully saturated rings. The lowest BCUT2D eigenvalue weighted by Gasteiger charge is -2.08. The number of benzene rings is 1. The molecule has 0 N–H and O–H groups in total. The minimum absolute atomic E-state index is 0.0153. The molecule has 0 aliphatic heterocycles. The summed E-state index contributed by atoms with van der Waals surface area (Å²) in [7, 11) is 0. The van der Waals surface area contributed by atoms with Gasteiger partial charge in [-0.1, -0.05) is 0 Å². The molecular weight excluding hydrogens is 249 g/mol. The van der Waals surface area contributed by atoms with E-state index in [4.69, 9.17) is 14.7 Å². The van der Waals surface area contributed by atoms with Gasteiger partial charge in [-0.2, -0.15) is 5.26 Å². The van der Waals surface area contributed by atoms with Gasteiger partial charge >= 0.3 is 5.97 Å². The Morgan fingerprint density at radius 1 is 1.42 bits per heavy atom. The van der Waals surface area contributed by atoms with Crippen LogP contribution in [0, 0.1) is 17.1 Å². The van der Waals surface area contributed by atoms with Crippen molar-refractivity contribution in [3.63, 3.8) is 0 Å². The molecule has 0 aliphatic rings. The van der Waals surface area contributed by atoms with Crippen molar-refractivity contribution in [1.29, 1.82) is 5.26 Å². The standard InChI is InChI=1S/C14H14FNO3/c1-3-18-13-7-6-12(15)10(11(13)9-16)5-8-14(17)19-4-2/h5-8H,3-4H2,1-2H3/b8-5+. The van der Waals surface area contributed by atoms with E-state index in [2.05, 4.69) is 0 Å². The molecule has 19 heavy (non-hydrogen) atoms. The van der Waals surface area contributed by atoms with Gasteiger partial charge in [-0.05, 0) is 32.1 Å². The van der Waals surface area contributed by atoms with Gasteiger partial charge in [0.2, 0.25) is 0 Å². The Morgan fingerprint density at radius 3 is 2.74 bits per heavy atom. The van der Waals surface area contributed by atoms with E-state index in [-0.39, 0.29) is 23.5 Å². The highest BCUT2D eigenvalue weighted by Crippen LogP contribution is 2.25. The van der Waals surface area contributed by atoms with E-state index in [1.54, 1.807) is 13.8 Å². The zero-order valence-corrected chi connectivity index (χ0v) is 10.8. The maximum absolute atomic E-state index is 13.7. The normalized spacial score (nSPS) is 10.2. The van der Waals surface area contributed by atoms with E-state index in [9.17, 15) is 9.18 Å². The van der Waals surface area contributed by atoms with Crippen LogP contribution >= 0.6 is 0 Å². The summed E-state index contributed by atoms with van der Waals surface area (Å²) in [4.78, 5) is 11.2. The van der Waals surface area contributed by atoms with Crippen LogP contribution in [0.2, 0.25) is 0 Å². The first-order valence-electron chi connectivity index (χ1n) is 5.84. The Balaban J connectivity index is 3.15. The largest absolute Gasteiger partial charge is 0.492 e. The molecule has 1 aromatic rings. The van der Waals surface area contributed by atoms with Crippen LogP contribution in [0.25, 0.3) is 6.08 Å². The predicted octanol–water partition coefficient (Wildman–Crippen LogP) is 2.67. The van der Waals surface area contributed by atoms with Gasteiger partial charge in [-0.3, -0.25) is 0 Å². The molecule has 0 saturated carbocycles. The molecule has 0 atom stereocenters. The van der Waals surface area contributed by atoms with Crippen molar-refractivity contribution in [2.75, 3.05) is 13.2 Å². The first-order valence-corrected chi connectivity index (χ1v) is 5.84. The fourth-order valence-corrected chi connectivity index (χ4v) is 1.47. The zero-order chi connectivity index (χ0) is 14.3. The van der Waals surface area contributed by atoms with Gasteiger partial charge in [0.1, 0.15) is 23.2 Å². The summed E-state index contributed by atoms with van der Waals surface area (Å²) in [5.74, 6) is -0.900. The minimum atomic E-state index is -0.597. The second-order valence-corrected chi connectivity index (χ2v) is 3.46. The number of hydrogen-bond donors (Lipinski definition) is 0. The molecule has 0 aromatic heterocycles. The number of hydrogen-bond acceptors (Lipinski definition) is 4. The maximum Gasteiger partial charge on any atom is 0.330 e. The van der Waals surface area contributed by atoms with Crippen LogP contribution in [-0.2, 0) is 9.53 Å². The summed E-state index contributed by atoms with van der Waals surface area (Å²) in [6, 6.07) is 4.46. The molecule has 100 valence electrons. The second kappa shape index (κ2) is 7.17. The van der Waals surface area contributed by atoms with E-state index < -0.39 is 11.8 Å². The van der Waals surface area contributed by atoms with Gasteiger partial charge in [0.05, 0.1) is 13.2 Å². The van der Waals surface area contributed by atoms with Crippen LogP contribution in [0.5, 0.6) is 5.75 Å². The van der Waals surface area contributed by atoms with Crippen molar-refractivity contribution in [2.24, 2.45) is 0 Å². The number of nitrogens with zero attached hydrogens (tertiary/aromatic N) is 1. The number of nitriles is 1. The fourth-order valence-electron chi connectivity index (χ4n) is 1.47. The summed E-state index contributed by atoms with van der Waals surface area (Å²) < 4.78 is 23.6. The highest BCUT2D eigenvalue weighted by Gasteiger charge is 2.12. The first-order chi connectivity index (χ1) is 9.13. The summed E-state index contributed by atoms with van der Waals surface area (Å²) in [6.07, 6.45) is 2.30. The zero-order valence-electron chi connectivity index (χ0n) is 10.8. The van der Waals surface area contributed by atoms with Crippen molar-refractivity contribution in [3.8, 4) is 11.8 Å².